The number of hydrogen-bond donors (Lipinski definition) is 3. The van der Waals surface area contributed by atoms with Crippen LogP contribution < -0.4 is 5.73 Å². The van der Waals surface area contributed by atoms with Crippen molar-refractivity contribution in [2.45, 2.75) is 20.3 Å². The molecule has 5 nitrogen and oxygen atoms in total. The van der Waals surface area contributed by atoms with Gasteiger partial charge in [0.2, 0.25) is 5.91 Å². The highest BCUT2D eigenvalue weighted by atomic mass is 16.3. The molecule has 16 heavy (non-hydrogen) atoms. The summed E-state index contributed by atoms with van der Waals surface area (Å²) in [5, 5.41) is 17.7. The number of aliphatic hydroxyl groups excluding tert-OH is 2. The van der Waals surface area contributed by atoms with Gasteiger partial charge in [-0.1, -0.05) is 13.8 Å². The van der Waals surface area contributed by atoms with Crippen molar-refractivity contribution in [3.05, 3.63) is 0 Å². The molecule has 0 aromatic rings. The van der Waals surface area contributed by atoms with Gasteiger partial charge in [0.05, 0.1) is 19.1 Å². The Balaban J connectivity index is 4.41. The minimum absolute atomic E-state index is 0.0701. The predicted octanol–water partition coefficient (Wildman–Crippen LogP) is -0.579. The largest absolute Gasteiger partial charge is 0.395 e. The lowest BCUT2D eigenvalue weighted by atomic mass is 9.96. The second-order valence-corrected chi connectivity index (χ2v) is 4.33. The molecule has 1 amide bonds. The maximum absolute atomic E-state index is 12.0. The molecule has 1 unspecified atom stereocenters. The maximum atomic E-state index is 12.0. The zero-order valence-electron chi connectivity index (χ0n) is 10.2. The van der Waals surface area contributed by atoms with Gasteiger partial charge in [-0.2, -0.15) is 0 Å². The van der Waals surface area contributed by atoms with E-state index >= 15 is 0 Å². The Bertz CT molecular complexity index is 188. The summed E-state index contributed by atoms with van der Waals surface area (Å²) in [7, 11) is 0. The van der Waals surface area contributed by atoms with Gasteiger partial charge in [0.15, 0.2) is 0 Å². The highest BCUT2D eigenvalue weighted by molar-refractivity contribution is 5.79. The van der Waals surface area contributed by atoms with Gasteiger partial charge in [0.1, 0.15) is 0 Å². The molecule has 0 saturated heterocycles. The summed E-state index contributed by atoms with van der Waals surface area (Å²) in [6.07, 6.45) is 0.739. The second-order valence-electron chi connectivity index (χ2n) is 4.33. The van der Waals surface area contributed by atoms with E-state index in [1.807, 2.05) is 13.8 Å². The van der Waals surface area contributed by atoms with Crippen LogP contribution in [0.2, 0.25) is 0 Å². The molecule has 0 aromatic heterocycles. The lowest BCUT2D eigenvalue weighted by Crippen LogP contribution is -2.42. The van der Waals surface area contributed by atoms with Crippen molar-refractivity contribution in [3.8, 4) is 0 Å². The summed E-state index contributed by atoms with van der Waals surface area (Å²) in [6.45, 7) is 4.72. The van der Waals surface area contributed by atoms with E-state index in [4.69, 9.17) is 15.9 Å². The van der Waals surface area contributed by atoms with E-state index in [1.54, 1.807) is 0 Å². The van der Waals surface area contributed by atoms with E-state index in [-0.39, 0.29) is 38.1 Å². The van der Waals surface area contributed by atoms with E-state index in [0.29, 0.717) is 12.5 Å². The minimum Gasteiger partial charge on any atom is -0.395 e. The number of carbonyl (C=O) groups is 1. The van der Waals surface area contributed by atoms with Crippen molar-refractivity contribution < 1.29 is 15.0 Å². The van der Waals surface area contributed by atoms with Gasteiger partial charge < -0.3 is 20.8 Å². The van der Waals surface area contributed by atoms with Crippen LogP contribution in [0.25, 0.3) is 0 Å². The van der Waals surface area contributed by atoms with Crippen LogP contribution >= 0.6 is 0 Å². The Kier molecular flexibility index (Phi) is 8.15. The quantitative estimate of drug-likeness (QED) is 0.522. The molecule has 4 N–H and O–H groups in total. The number of nitrogens with zero attached hydrogens (tertiary/aromatic N) is 1. The number of nitrogens with two attached hydrogens (primary N) is 1. The summed E-state index contributed by atoms with van der Waals surface area (Å²) in [4.78, 5) is 13.5. The standard InChI is InChI=1S/C11H24N2O3/c1-9(2)7-10(8-12)11(16)13(3-5-14)4-6-15/h9-10,14-15H,3-8,12H2,1-2H3. The van der Waals surface area contributed by atoms with Crippen molar-refractivity contribution in [1.82, 2.24) is 4.90 Å². The van der Waals surface area contributed by atoms with Crippen LogP contribution in [0.5, 0.6) is 0 Å². The van der Waals surface area contributed by atoms with Gasteiger partial charge in [0.25, 0.3) is 0 Å². The SMILES string of the molecule is CC(C)CC(CN)C(=O)N(CCO)CCO. The van der Waals surface area contributed by atoms with Crippen molar-refractivity contribution in [3.63, 3.8) is 0 Å². The van der Waals surface area contributed by atoms with Gasteiger partial charge >= 0.3 is 0 Å². The molecule has 0 fully saturated rings. The zero-order valence-corrected chi connectivity index (χ0v) is 10.2. The first kappa shape index (κ1) is 15.3. The summed E-state index contributed by atoms with van der Waals surface area (Å²) >= 11 is 0. The Labute approximate surface area is 97.2 Å². The molecular weight excluding hydrogens is 208 g/mol. The average Bonchev–Trinajstić information content (AvgIpc) is 2.24. The molecule has 1 atom stereocenters. The lowest BCUT2D eigenvalue weighted by molar-refractivity contribution is -0.136. The summed E-state index contributed by atoms with van der Waals surface area (Å²) in [5.41, 5.74) is 5.58. The number of amides is 1. The smallest absolute Gasteiger partial charge is 0.227 e. The summed E-state index contributed by atoms with van der Waals surface area (Å²) in [6, 6.07) is 0. The Hall–Kier alpha value is -0.650. The molecule has 0 radical (unpaired) electrons. The van der Waals surface area contributed by atoms with E-state index in [0.717, 1.165) is 6.42 Å². The highest BCUT2D eigenvalue weighted by Crippen LogP contribution is 2.13. The molecule has 96 valence electrons. The van der Waals surface area contributed by atoms with Crippen LogP contribution in [0.1, 0.15) is 20.3 Å². The van der Waals surface area contributed by atoms with Gasteiger partial charge in [-0.05, 0) is 12.3 Å². The third-order valence-corrected chi connectivity index (χ3v) is 2.44. The maximum Gasteiger partial charge on any atom is 0.227 e. The van der Waals surface area contributed by atoms with E-state index in [2.05, 4.69) is 0 Å². The molecule has 0 aliphatic carbocycles. The van der Waals surface area contributed by atoms with Gasteiger partial charge in [0, 0.05) is 19.6 Å². The molecular formula is C11H24N2O3. The summed E-state index contributed by atoms with van der Waals surface area (Å²) in [5.74, 6) is 0.125. The van der Waals surface area contributed by atoms with E-state index in [9.17, 15) is 4.79 Å². The molecule has 5 heteroatoms. The minimum atomic E-state index is -0.210. The highest BCUT2D eigenvalue weighted by Gasteiger charge is 2.23. The average molecular weight is 232 g/mol. The first-order chi connectivity index (χ1) is 7.56. The Morgan fingerprint density at radius 2 is 1.75 bits per heavy atom. The van der Waals surface area contributed by atoms with E-state index < -0.39 is 0 Å². The molecule has 0 bridgehead atoms. The zero-order chi connectivity index (χ0) is 12.6. The second kappa shape index (κ2) is 8.50. The summed E-state index contributed by atoms with van der Waals surface area (Å²) < 4.78 is 0. The van der Waals surface area contributed by atoms with Crippen LogP contribution in [-0.4, -0.2) is 53.9 Å². The van der Waals surface area contributed by atoms with Crippen LogP contribution in [0.4, 0.5) is 0 Å². The van der Waals surface area contributed by atoms with Crippen molar-refractivity contribution in [2.75, 3.05) is 32.8 Å². The van der Waals surface area contributed by atoms with Gasteiger partial charge in [-0.25, -0.2) is 0 Å². The number of carbonyl (C=O) groups excluding carboxylic acids is 1. The fourth-order valence-corrected chi connectivity index (χ4v) is 1.70. The van der Waals surface area contributed by atoms with Crippen molar-refractivity contribution in [1.29, 1.82) is 0 Å². The van der Waals surface area contributed by atoms with Gasteiger partial charge in [-0.3, -0.25) is 4.79 Å². The molecule has 0 aliphatic rings. The molecule has 0 aliphatic heterocycles. The number of hydrogen-bond acceptors (Lipinski definition) is 4. The first-order valence-corrected chi connectivity index (χ1v) is 5.77. The van der Waals surface area contributed by atoms with Crippen LogP contribution in [0.15, 0.2) is 0 Å². The fourth-order valence-electron chi connectivity index (χ4n) is 1.70. The lowest BCUT2D eigenvalue weighted by Gasteiger charge is -2.26. The molecule has 0 rings (SSSR count). The molecule has 0 spiro atoms. The van der Waals surface area contributed by atoms with Crippen LogP contribution in [-0.2, 0) is 4.79 Å². The Morgan fingerprint density at radius 3 is 2.06 bits per heavy atom. The normalized spacial score (nSPS) is 12.9. The molecule has 0 saturated carbocycles. The third-order valence-electron chi connectivity index (χ3n) is 2.44. The number of aliphatic hydroxyl groups is 2. The van der Waals surface area contributed by atoms with Crippen LogP contribution in [0, 0.1) is 11.8 Å². The monoisotopic (exact) mass is 232 g/mol. The molecule has 0 aromatic carbocycles. The van der Waals surface area contributed by atoms with Crippen molar-refractivity contribution >= 4 is 5.91 Å². The fraction of sp³-hybridized carbons (Fsp3) is 0.909. The topological polar surface area (TPSA) is 86.8 Å². The third kappa shape index (κ3) is 5.44. The Morgan fingerprint density at radius 1 is 1.25 bits per heavy atom. The van der Waals surface area contributed by atoms with E-state index in [1.165, 1.54) is 4.90 Å². The molecule has 0 heterocycles. The van der Waals surface area contributed by atoms with Crippen molar-refractivity contribution in [2.24, 2.45) is 17.6 Å². The number of rotatable bonds is 8. The van der Waals surface area contributed by atoms with Crippen LogP contribution in [0.3, 0.4) is 0 Å². The first-order valence-electron chi connectivity index (χ1n) is 5.77. The van der Waals surface area contributed by atoms with Gasteiger partial charge in [-0.15, -0.1) is 0 Å². The predicted molar refractivity (Wildman–Crippen MR) is 62.8 cm³/mol.